The van der Waals surface area contributed by atoms with Crippen LogP contribution in [0.2, 0.25) is 0 Å². The molecule has 1 fully saturated rings. The average molecular weight is 334 g/mol. The molecule has 1 saturated carbocycles. The third kappa shape index (κ3) is 3.02. The summed E-state index contributed by atoms with van der Waals surface area (Å²) in [5, 5.41) is 2.77. The van der Waals surface area contributed by atoms with E-state index in [-0.39, 0.29) is 23.4 Å². The molecule has 24 heavy (non-hydrogen) atoms. The summed E-state index contributed by atoms with van der Waals surface area (Å²) in [4.78, 5) is 24.1. The topological polar surface area (TPSA) is 60.3 Å². The van der Waals surface area contributed by atoms with Crippen LogP contribution in [0.3, 0.4) is 0 Å². The van der Waals surface area contributed by atoms with Crippen LogP contribution in [0.5, 0.6) is 5.75 Å². The number of hydrogen-bond acceptors (Lipinski definition) is 3. The highest BCUT2D eigenvalue weighted by molar-refractivity contribution is 5.93. The van der Waals surface area contributed by atoms with Gasteiger partial charge in [-0.25, -0.2) is 8.78 Å². The quantitative estimate of drug-likeness (QED) is 0.930. The molecule has 1 aliphatic rings. The number of pyridine rings is 1. The van der Waals surface area contributed by atoms with Gasteiger partial charge in [-0.3, -0.25) is 9.59 Å². The summed E-state index contributed by atoms with van der Waals surface area (Å²) >= 11 is 0. The van der Waals surface area contributed by atoms with Crippen molar-refractivity contribution in [2.45, 2.75) is 18.4 Å². The molecule has 0 bridgehead atoms. The van der Waals surface area contributed by atoms with E-state index in [4.69, 9.17) is 4.74 Å². The van der Waals surface area contributed by atoms with Gasteiger partial charge in [-0.1, -0.05) is 6.07 Å². The summed E-state index contributed by atoms with van der Waals surface area (Å²) in [5.74, 6) is -1.72. The van der Waals surface area contributed by atoms with E-state index in [0.717, 1.165) is 6.07 Å². The number of nitrogens with one attached hydrogen (secondary N) is 1. The zero-order valence-electron chi connectivity index (χ0n) is 13.2. The highest BCUT2D eigenvalue weighted by Crippen LogP contribution is 2.42. The minimum Gasteiger partial charge on any atom is -0.491 e. The number of carbonyl (C=O) groups excluding carboxylic acids is 1. The summed E-state index contributed by atoms with van der Waals surface area (Å²) in [5.41, 5.74) is 0.175. The highest BCUT2D eigenvalue weighted by atomic mass is 19.1. The largest absolute Gasteiger partial charge is 0.491 e. The van der Waals surface area contributed by atoms with Crippen LogP contribution in [-0.2, 0) is 7.05 Å². The Kier molecular flexibility index (Phi) is 4.09. The van der Waals surface area contributed by atoms with Gasteiger partial charge in [0, 0.05) is 31.1 Å². The van der Waals surface area contributed by atoms with Crippen molar-refractivity contribution in [3.63, 3.8) is 0 Å². The lowest BCUT2D eigenvalue weighted by atomic mass is 10.1. The van der Waals surface area contributed by atoms with E-state index >= 15 is 0 Å². The molecule has 3 rings (SSSR count). The average Bonchev–Trinajstić information content (AvgIpc) is 3.27. The Balaban J connectivity index is 1.73. The van der Waals surface area contributed by atoms with Gasteiger partial charge in [0.25, 0.3) is 5.91 Å². The summed E-state index contributed by atoms with van der Waals surface area (Å²) in [6, 6.07) is 4.38. The third-order valence-electron chi connectivity index (χ3n) is 4.12. The number of methoxy groups -OCH3 is 1. The number of hydrogen-bond donors (Lipinski definition) is 1. The van der Waals surface area contributed by atoms with Crippen LogP contribution in [0.1, 0.15) is 28.4 Å². The second-order valence-electron chi connectivity index (χ2n) is 5.79. The Morgan fingerprint density at radius 3 is 2.75 bits per heavy atom. The Bertz CT molecular complexity index is 863. The van der Waals surface area contributed by atoms with Gasteiger partial charge >= 0.3 is 0 Å². The third-order valence-corrected chi connectivity index (χ3v) is 4.12. The van der Waals surface area contributed by atoms with Crippen LogP contribution in [0.4, 0.5) is 8.78 Å². The monoisotopic (exact) mass is 334 g/mol. The molecular formula is C17H16F2N2O3. The first-order valence-electron chi connectivity index (χ1n) is 7.41. The SMILES string of the molecule is COc1cn(C)c(C(=O)N[C@@H]2C[C@H]2c2ccc(F)cc2F)cc1=O. The van der Waals surface area contributed by atoms with Gasteiger partial charge in [-0.2, -0.15) is 0 Å². The molecule has 0 saturated heterocycles. The zero-order valence-corrected chi connectivity index (χ0v) is 13.2. The number of amides is 1. The standard InChI is InChI=1S/C17H16F2N2O3/c1-21-8-16(24-2)15(22)7-14(21)17(23)20-13-6-11(13)10-4-3-9(18)5-12(10)19/h3-5,7-8,11,13H,6H2,1-2H3,(H,20,23)/t11-,13+/m0/s1. The van der Waals surface area contributed by atoms with Gasteiger partial charge in [0.1, 0.15) is 17.3 Å². The zero-order chi connectivity index (χ0) is 17.4. The second kappa shape index (κ2) is 6.07. The molecule has 1 heterocycles. The fraction of sp³-hybridized carbons (Fsp3) is 0.294. The number of carbonyl (C=O) groups is 1. The minimum atomic E-state index is -0.634. The van der Waals surface area contributed by atoms with Crippen molar-refractivity contribution >= 4 is 5.91 Å². The summed E-state index contributed by atoms with van der Waals surface area (Å²) in [7, 11) is 3.00. The number of aryl methyl sites for hydroxylation is 1. The van der Waals surface area contributed by atoms with Crippen LogP contribution in [0.25, 0.3) is 0 Å². The van der Waals surface area contributed by atoms with Crippen molar-refractivity contribution in [1.29, 1.82) is 0 Å². The maximum absolute atomic E-state index is 13.8. The molecule has 0 aliphatic heterocycles. The molecule has 1 amide bonds. The van der Waals surface area contributed by atoms with Crippen LogP contribution < -0.4 is 15.5 Å². The number of halogens is 2. The predicted octanol–water partition coefficient (Wildman–Crippen LogP) is 1.96. The van der Waals surface area contributed by atoms with E-state index in [1.54, 1.807) is 7.05 Å². The number of rotatable bonds is 4. The van der Waals surface area contributed by atoms with E-state index in [9.17, 15) is 18.4 Å². The van der Waals surface area contributed by atoms with Crippen molar-refractivity contribution in [2.24, 2.45) is 7.05 Å². The smallest absolute Gasteiger partial charge is 0.268 e. The summed E-state index contributed by atoms with van der Waals surface area (Å²) in [6.45, 7) is 0. The molecule has 1 N–H and O–H groups in total. The number of aromatic nitrogens is 1. The first-order chi connectivity index (χ1) is 11.4. The Morgan fingerprint density at radius 2 is 2.08 bits per heavy atom. The van der Waals surface area contributed by atoms with E-state index in [1.807, 2.05) is 0 Å². The molecule has 0 radical (unpaired) electrons. The molecule has 7 heteroatoms. The summed E-state index contributed by atoms with van der Waals surface area (Å²) < 4.78 is 33.1. The van der Waals surface area contributed by atoms with Gasteiger partial charge in [0.05, 0.1) is 13.3 Å². The molecule has 0 unspecified atom stereocenters. The van der Waals surface area contributed by atoms with Gasteiger partial charge in [0.2, 0.25) is 5.43 Å². The van der Waals surface area contributed by atoms with Crippen molar-refractivity contribution < 1.29 is 18.3 Å². The summed E-state index contributed by atoms with van der Waals surface area (Å²) in [6.07, 6.45) is 2.00. The van der Waals surface area contributed by atoms with E-state index in [0.29, 0.717) is 12.0 Å². The van der Waals surface area contributed by atoms with Crippen molar-refractivity contribution in [3.05, 3.63) is 63.6 Å². The number of ether oxygens (including phenoxy) is 1. The van der Waals surface area contributed by atoms with E-state index in [1.165, 1.54) is 36.1 Å². The Morgan fingerprint density at radius 1 is 1.33 bits per heavy atom. The molecule has 5 nitrogen and oxygen atoms in total. The first kappa shape index (κ1) is 16.2. The lowest BCUT2D eigenvalue weighted by molar-refractivity contribution is 0.0941. The molecule has 1 aromatic heterocycles. The number of nitrogens with zero attached hydrogens (tertiary/aromatic N) is 1. The van der Waals surface area contributed by atoms with Crippen LogP contribution in [0.15, 0.2) is 35.3 Å². The fourth-order valence-electron chi connectivity index (χ4n) is 2.73. The predicted molar refractivity (Wildman–Crippen MR) is 83.2 cm³/mol. The van der Waals surface area contributed by atoms with Crippen molar-refractivity contribution in [1.82, 2.24) is 9.88 Å². The Hall–Kier alpha value is -2.70. The second-order valence-corrected chi connectivity index (χ2v) is 5.79. The number of benzene rings is 1. The highest BCUT2D eigenvalue weighted by Gasteiger charge is 2.41. The van der Waals surface area contributed by atoms with Crippen LogP contribution in [0, 0.1) is 11.6 Å². The van der Waals surface area contributed by atoms with Gasteiger partial charge in [0.15, 0.2) is 5.75 Å². The van der Waals surface area contributed by atoms with Crippen molar-refractivity contribution in [2.75, 3.05) is 7.11 Å². The molecule has 2 aromatic rings. The minimum absolute atomic E-state index is 0.145. The maximum Gasteiger partial charge on any atom is 0.268 e. The first-order valence-corrected chi connectivity index (χ1v) is 7.41. The lowest BCUT2D eigenvalue weighted by Crippen LogP contribution is -2.30. The molecule has 1 aromatic carbocycles. The van der Waals surface area contributed by atoms with Gasteiger partial charge in [-0.15, -0.1) is 0 Å². The van der Waals surface area contributed by atoms with E-state index < -0.39 is 23.0 Å². The van der Waals surface area contributed by atoms with Crippen LogP contribution >= 0.6 is 0 Å². The van der Waals surface area contributed by atoms with Crippen molar-refractivity contribution in [3.8, 4) is 5.75 Å². The molecular weight excluding hydrogens is 318 g/mol. The Labute approximate surface area is 136 Å². The molecule has 1 aliphatic carbocycles. The molecule has 126 valence electrons. The molecule has 0 spiro atoms. The van der Waals surface area contributed by atoms with Gasteiger partial charge < -0.3 is 14.6 Å². The maximum atomic E-state index is 13.8. The van der Waals surface area contributed by atoms with Gasteiger partial charge in [-0.05, 0) is 18.1 Å². The lowest BCUT2D eigenvalue weighted by Gasteiger charge is -2.11. The van der Waals surface area contributed by atoms with E-state index in [2.05, 4.69) is 5.32 Å². The van der Waals surface area contributed by atoms with Crippen LogP contribution in [-0.4, -0.2) is 23.6 Å². The normalized spacial score (nSPS) is 19.0. The fourth-order valence-corrected chi connectivity index (χ4v) is 2.73. The molecule has 2 atom stereocenters.